The zero-order valence-corrected chi connectivity index (χ0v) is 16.3. The van der Waals surface area contributed by atoms with Crippen molar-refractivity contribution in [1.82, 2.24) is 4.72 Å². The maximum absolute atomic E-state index is 12.0. The van der Waals surface area contributed by atoms with E-state index in [0.717, 1.165) is 25.0 Å². The van der Waals surface area contributed by atoms with Crippen LogP contribution in [0.4, 0.5) is 0 Å². The Labute approximate surface area is 153 Å². The predicted octanol–water partition coefficient (Wildman–Crippen LogP) is 3.98. The smallest absolute Gasteiger partial charge is 0.303 e. The van der Waals surface area contributed by atoms with Crippen LogP contribution in [0.25, 0.3) is 0 Å². The Hall–Kier alpha value is -0.760. The number of carboxylic acids is 1. The molecule has 0 bridgehead atoms. The summed E-state index contributed by atoms with van der Waals surface area (Å²) in [7, 11) is -3.50. The topological polar surface area (TPSA) is 83.5 Å². The maximum Gasteiger partial charge on any atom is 0.303 e. The molecule has 0 spiro atoms. The average Bonchev–Trinajstić information content (AvgIpc) is 2.45. The SMILES string of the molecule is CC(C)(CCCCSCNS(=O)(=O)c1ccc(Cl)cc1)CC(=O)O. The number of hydrogen-bond donors (Lipinski definition) is 2. The van der Waals surface area contributed by atoms with E-state index in [2.05, 4.69) is 4.72 Å². The molecule has 8 heteroatoms. The summed E-state index contributed by atoms with van der Waals surface area (Å²) in [6.07, 6.45) is 2.87. The van der Waals surface area contributed by atoms with Gasteiger partial charge in [0, 0.05) is 5.02 Å². The van der Waals surface area contributed by atoms with Gasteiger partial charge in [-0.15, -0.1) is 11.8 Å². The van der Waals surface area contributed by atoms with Crippen LogP contribution in [-0.4, -0.2) is 31.1 Å². The molecule has 0 unspecified atom stereocenters. The van der Waals surface area contributed by atoms with Crippen molar-refractivity contribution in [2.24, 2.45) is 5.41 Å². The van der Waals surface area contributed by atoms with Gasteiger partial charge in [-0.05, 0) is 48.3 Å². The second-order valence-electron chi connectivity index (χ2n) is 6.35. The summed E-state index contributed by atoms with van der Waals surface area (Å²) in [5.74, 6) is 0.362. The lowest BCUT2D eigenvalue weighted by molar-refractivity contribution is -0.139. The van der Waals surface area contributed by atoms with E-state index in [0.29, 0.717) is 10.9 Å². The van der Waals surface area contributed by atoms with Gasteiger partial charge in [0.1, 0.15) is 0 Å². The van der Waals surface area contributed by atoms with Crippen LogP contribution in [-0.2, 0) is 14.8 Å². The van der Waals surface area contributed by atoms with E-state index in [4.69, 9.17) is 16.7 Å². The number of halogens is 1. The lowest BCUT2D eigenvalue weighted by atomic mass is 9.84. The average molecular weight is 394 g/mol. The van der Waals surface area contributed by atoms with Crippen LogP contribution < -0.4 is 4.72 Å². The van der Waals surface area contributed by atoms with E-state index in [9.17, 15) is 13.2 Å². The monoisotopic (exact) mass is 393 g/mol. The molecule has 0 saturated carbocycles. The summed E-state index contributed by atoms with van der Waals surface area (Å²) in [4.78, 5) is 10.9. The van der Waals surface area contributed by atoms with E-state index in [1.165, 1.54) is 23.9 Å². The standard InChI is InChI=1S/C16H24ClNO4S2/c1-16(2,11-15(19)20)9-3-4-10-23-12-18-24(21,22)14-7-5-13(17)6-8-14/h5-8,18H,3-4,9-12H2,1-2H3,(H,19,20). The number of nitrogens with one attached hydrogen (secondary N) is 1. The largest absolute Gasteiger partial charge is 0.481 e. The van der Waals surface area contributed by atoms with Gasteiger partial charge in [-0.1, -0.05) is 31.9 Å². The summed E-state index contributed by atoms with van der Waals surface area (Å²) < 4.78 is 26.6. The van der Waals surface area contributed by atoms with E-state index in [1.807, 2.05) is 13.8 Å². The third-order valence-corrected chi connectivity index (χ3v) is 6.27. The van der Waals surface area contributed by atoms with Crippen molar-refractivity contribution < 1.29 is 18.3 Å². The zero-order chi connectivity index (χ0) is 18.2. The molecule has 0 aliphatic rings. The summed E-state index contributed by atoms with van der Waals surface area (Å²) in [6.45, 7) is 3.91. The van der Waals surface area contributed by atoms with Crippen molar-refractivity contribution in [3.63, 3.8) is 0 Å². The number of carboxylic acid groups (broad SMARTS) is 1. The summed E-state index contributed by atoms with van der Waals surface area (Å²) in [5, 5.41) is 9.33. The molecule has 0 aromatic heterocycles. The molecule has 0 amide bonds. The first-order chi connectivity index (χ1) is 11.1. The van der Waals surface area contributed by atoms with Gasteiger partial charge < -0.3 is 5.11 Å². The molecule has 0 fully saturated rings. The normalized spacial score (nSPS) is 12.3. The number of unbranched alkanes of at least 4 members (excludes halogenated alkanes) is 1. The fraction of sp³-hybridized carbons (Fsp3) is 0.562. The zero-order valence-electron chi connectivity index (χ0n) is 13.9. The van der Waals surface area contributed by atoms with Crippen molar-refractivity contribution in [3.05, 3.63) is 29.3 Å². The molecular formula is C16H24ClNO4S2. The summed E-state index contributed by atoms with van der Waals surface area (Å²) in [6, 6.07) is 6.03. The Bertz CT molecular complexity index is 630. The summed E-state index contributed by atoms with van der Waals surface area (Å²) >= 11 is 7.25. The third kappa shape index (κ3) is 8.37. The van der Waals surface area contributed by atoms with Gasteiger partial charge in [-0.2, -0.15) is 0 Å². The first-order valence-corrected chi connectivity index (χ1v) is 10.7. The van der Waals surface area contributed by atoms with Gasteiger partial charge in [0.25, 0.3) is 0 Å². The first kappa shape index (κ1) is 21.3. The highest BCUT2D eigenvalue weighted by Gasteiger charge is 2.20. The van der Waals surface area contributed by atoms with E-state index >= 15 is 0 Å². The number of aliphatic carboxylic acids is 1. The lowest BCUT2D eigenvalue weighted by Gasteiger charge is -2.21. The highest BCUT2D eigenvalue weighted by Crippen LogP contribution is 2.27. The fourth-order valence-electron chi connectivity index (χ4n) is 2.19. The number of rotatable bonds is 11. The van der Waals surface area contributed by atoms with Gasteiger partial charge in [0.05, 0.1) is 17.2 Å². The molecule has 0 aliphatic carbocycles. The molecule has 24 heavy (non-hydrogen) atoms. The Morgan fingerprint density at radius 1 is 1.25 bits per heavy atom. The quantitative estimate of drug-likeness (QED) is 0.438. The molecular weight excluding hydrogens is 370 g/mol. The minimum atomic E-state index is -3.50. The molecule has 1 rings (SSSR count). The minimum Gasteiger partial charge on any atom is -0.481 e. The van der Waals surface area contributed by atoms with Crippen molar-refractivity contribution in [2.75, 3.05) is 11.6 Å². The molecule has 0 aliphatic heterocycles. The Morgan fingerprint density at radius 3 is 2.46 bits per heavy atom. The molecule has 0 heterocycles. The molecule has 0 saturated heterocycles. The fourth-order valence-corrected chi connectivity index (χ4v) is 4.49. The number of hydrogen-bond acceptors (Lipinski definition) is 4. The number of benzene rings is 1. The van der Waals surface area contributed by atoms with Crippen LogP contribution in [0.1, 0.15) is 39.5 Å². The van der Waals surface area contributed by atoms with Crippen molar-refractivity contribution >= 4 is 39.4 Å². The van der Waals surface area contributed by atoms with Gasteiger partial charge in [-0.25, -0.2) is 13.1 Å². The molecule has 0 radical (unpaired) electrons. The van der Waals surface area contributed by atoms with Crippen LogP contribution in [0.15, 0.2) is 29.2 Å². The Morgan fingerprint density at radius 2 is 1.88 bits per heavy atom. The number of carbonyl (C=O) groups is 1. The van der Waals surface area contributed by atoms with E-state index in [1.54, 1.807) is 12.1 Å². The van der Waals surface area contributed by atoms with Gasteiger partial charge in [-0.3, -0.25) is 4.79 Å². The van der Waals surface area contributed by atoms with Crippen LogP contribution in [0.5, 0.6) is 0 Å². The molecule has 0 atom stereocenters. The van der Waals surface area contributed by atoms with Gasteiger partial charge >= 0.3 is 5.97 Å². The van der Waals surface area contributed by atoms with Crippen molar-refractivity contribution in [3.8, 4) is 0 Å². The first-order valence-electron chi connectivity index (χ1n) is 7.67. The van der Waals surface area contributed by atoms with Crippen LogP contribution in [0, 0.1) is 5.41 Å². The van der Waals surface area contributed by atoms with Crippen LogP contribution >= 0.6 is 23.4 Å². The van der Waals surface area contributed by atoms with Crippen LogP contribution in [0.3, 0.4) is 0 Å². The molecule has 1 aromatic rings. The Balaban J connectivity index is 2.22. The van der Waals surface area contributed by atoms with Gasteiger partial charge in [0.15, 0.2) is 0 Å². The predicted molar refractivity (Wildman–Crippen MR) is 99.0 cm³/mol. The lowest BCUT2D eigenvalue weighted by Crippen LogP contribution is -2.23. The Kier molecular flexibility index (Phi) is 8.56. The molecule has 136 valence electrons. The maximum atomic E-state index is 12.0. The summed E-state index contributed by atoms with van der Waals surface area (Å²) in [5.41, 5.74) is -0.202. The van der Waals surface area contributed by atoms with Crippen molar-refractivity contribution in [2.45, 2.75) is 44.4 Å². The van der Waals surface area contributed by atoms with Crippen molar-refractivity contribution in [1.29, 1.82) is 0 Å². The molecule has 1 aromatic carbocycles. The molecule has 2 N–H and O–H groups in total. The van der Waals surface area contributed by atoms with E-state index in [-0.39, 0.29) is 16.7 Å². The van der Waals surface area contributed by atoms with E-state index < -0.39 is 16.0 Å². The van der Waals surface area contributed by atoms with Crippen LogP contribution in [0.2, 0.25) is 5.02 Å². The molecule has 5 nitrogen and oxygen atoms in total. The number of thioether (sulfide) groups is 1. The number of sulfonamides is 1. The second kappa shape index (κ2) is 9.65. The second-order valence-corrected chi connectivity index (χ2v) is 9.65. The highest BCUT2D eigenvalue weighted by molar-refractivity contribution is 8.00. The third-order valence-electron chi connectivity index (χ3n) is 3.50. The highest BCUT2D eigenvalue weighted by atomic mass is 35.5. The van der Waals surface area contributed by atoms with Gasteiger partial charge in [0.2, 0.25) is 10.0 Å². The minimum absolute atomic E-state index is 0.168.